The van der Waals surface area contributed by atoms with Gasteiger partial charge in [0.25, 0.3) is 11.5 Å². The van der Waals surface area contributed by atoms with Crippen LogP contribution in [0.1, 0.15) is 21.5 Å². The molecular weight excluding hydrogens is 356 g/mol. The summed E-state index contributed by atoms with van der Waals surface area (Å²) in [6.07, 6.45) is 1.57. The molecule has 0 fully saturated rings. The van der Waals surface area contributed by atoms with E-state index in [2.05, 4.69) is 5.32 Å². The molecule has 1 N–H and O–H groups in total. The Morgan fingerprint density at radius 3 is 2.54 bits per heavy atom. The number of amides is 1. The van der Waals surface area contributed by atoms with E-state index in [4.69, 9.17) is 9.47 Å². The molecule has 0 bridgehead atoms. The van der Waals surface area contributed by atoms with Crippen LogP contribution in [0.4, 0.5) is 5.69 Å². The van der Waals surface area contributed by atoms with Crippen LogP contribution in [0.5, 0.6) is 11.5 Å². The number of carbonyl (C=O) groups excluding carboxylic acids is 1. The summed E-state index contributed by atoms with van der Waals surface area (Å²) in [5.74, 6) is 0.771. The molecule has 3 aromatic rings. The number of rotatable bonds is 6. The van der Waals surface area contributed by atoms with Crippen molar-refractivity contribution in [2.45, 2.75) is 13.5 Å². The second-order valence-corrected chi connectivity index (χ2v) is 6.33. The third-order valence-corrected chi connectivity index (χ3v) is 4.50. The Balaban J connectivity index is 1.87. The van der Waals surface area contributed by atoms with E-state index in [0.29, 0.717) is 29.3 Å². The minimum absolute atomic E-state index is 0.168. The normalized spacial score (nSPS) is 10.4. The van der Waals surface area contributed by atoms with Gasteiger partial charge in [-0.1, -0.05) is 24.3 Å². The fourth-order valence-electron chi connectivity index (χ4n) is 2.87. The zero-order valence-electron chi connectivity index (χ0n) is 16.1. The Labute approximate surface area is 163 Å². The number of aromatic nitrogens is 1. The van der Waals surface area contributed by atoms with Crippen molar-refractivity contribution >= 4 is 11.6 Å². The van der Waals surface area contributed by atoms with Crippen LogP contribution in [-0.4, -0.2) is 24.7 Å². The molecule has 0 radical (unpaired) electrons. The van der Waals surface area contributed by atoms with E-state index in [1.165, 1.54) is 23.8 Å². The molecule has 0 spiro atoms. The van der Waals surface area contributed by atoms with E-state index >= 15 is 0 Å². The van der Waals surface area contributed by atoms with Gasteiger partial charge in [-0.25, -0.2) is 0 Å². The molecule has 1 aromatic heterocycles. The monoisotopic (exact) mass is 378 g/mol. The molecule has 6 nitrogen and oxygen atoms in total. The summed E-state index contributed by atoms with van der Waals surface area (Å²) < 4.78 is 12.0. The summed E-state index contributed by atoms with van der Waals surface area (Å²) in [7, 11) is 3.08. The molecule has 1 heterocycles. The van der Waals surface area contributed by atoms with Gasteiger partial charge in [-0.05, 0) is 36.2 Å². The molecule has 144 valence electrons. The number of nitrogens with one attached hydrogen (secondary N) is 1. The van der Waals surface area contributed by atoms with Gasteiger partial charge in [0.2, 0.25) is 0 Å². The standard InChI is InChI=1S/C22H22N2O4/c1-15-6-4-5-7-16(15)13-24-14-17(8-11-21(24)25)22(26)23-19-12-18(27-2)9-10-20(19)28-3/h4-12,14H,13H2,1-3H3,(H,23,26). The number of hydrogen-bond acceptors (Lipinski definition) is 4. The molecule has 0 aliphatic rings. The van der Waals surface area contributed by atoms with Crippen LogP contribution >= 0.6 is 0 Å². The average molecular weight is 378 g/mol. The Hall–Kier alpha value is -3.54. The van der Waals surface area contributed by atoms with Gasteiger partial charge in [0.05, 0.1) is 32.0 Å². The molecule has 3 rings (SSSR count). The predicted octanol–water partition coefficient (Wildman–Crippen LogP) is 3.47. The smallest absolute Gasteiger partial charge is 0.257 e. The molecule has 2 aromatic carbocycles. The number of carbonyl (C=O) groups is 1. The Morgan fingerprint density at radius 2 is 1.82 bits per heavy atom. The van der Waals surface area contributed by atoms with Gasteiger partial charge in [0, 0.05) is 18.3 Å². The summed E-state index contributed by atoms with van der Waals surface area (Å²) in [6, 6.07) is 15.9. The van der Waals surface area contributed by atoms with Gasteiger partial charge < -0.3 is 19.4 Å². The van der Waals surface area contributed by atoms with Crippen LogP contribution < -0.4 is 20.3 Å². The predicted molar refractivity (Wildman–Crippen MR) is 108 cm³/mol. The molecule has 1 amide bonds. The van der Waals surface area contributed by atoms with Crippen molar-refractivity contribution in [1.29, 1.82) is 0 Å². The fourth-order valence-corrected chi connectivity index (χ4v) is 2.87. The van der Waals surface area contributed by atoms with Crippen molar-refractivity contribution in [1.82, 2.24) is 4.57 Å². The van der Waals surface area contributed by atoms with E-state index in [-0.39, 0.29) is 11.5 Å². The minimum atomic E-state index is -0.343. The summed E-state index contributed by atoms with van der Waals surface area (Å²) in [4.78, 5) is 25.0. The third kappa shape index (κ3) is 4.23. The molecule has 0 atom stereocenters. The van der Waals surface area contributed by atoms with Gasteiger partial charge in [-0.15, -0.1) is 0 Å². The van der Waals surface area contributed by atoms with Gasteiger partial charge in [0.1, 0.15) is 11.5 Å². The first-order valence-corrected chi connectivity index (χ1v) is 8.80. The number of hydrogen-bond donors (Lipinski definition) is 1. The molecule has 0 saturated carbocycles. The molecule has 0 aliphatic carbocycles. The van der Waals surface area contributed by atoms with Gasteiger partial charge in [-0.3, -0.25) is 9.59 Å². The summed E-state index contributed by atoms with van der Waals surface area (Å²) in [6.45, 7) is 2.39. The molecule has 0 saturated heterocycles. The van der Waals surface area contributed by atoms with Gasteiger partial charge >= 0.3 is 0 Å². The van der Waals surface area contributed by atoms with Crippen molar-refractivity contribution in [3.05, 3.63) is 87.8 Å². The highest BCUT2D eigenvalue weighted by Gasteiger charge is 2.13. The zero-order valence-corrected chi connectivity index (χ0v) is 16.1. The Morgan fingerprint density at radius 1 is 1.04 bits per heavy atom. The van der Waals surface area contributed by atoms with E-state index < -0.39 is 0 Å². The van der Waals surface area contributed by atoms with E-state index in [1.807, 2.05) is 31.2 Å². The summed E-state index contributed by atoms with van der Waals surface area (Å²) >= 11 is 0. The quantitative estimate of drug-likeness (QED) is 0.713. The van der Waals surface area contributed by atoms with Crippen molar-refractivity contribution < 1.29 is 14.3 Å². The summed E-state index contributed by atoms with van der Waals surface area (Å²) in [5, 5.41) is 2.82. The molecular formula is C22H22N2O4. The first kappa shape index (κ1) is 19.2. The lowest BCUT2D eigenvalue weighted by Crippen LogP contribution is -2.23. The summed E-state index contributed by atoms with van der Waals surface area (Å²) in [5.41, 5.74) is 2.81. The number of pyridine rings is 1. The highest BCUT2D eigenvalue weighted by Crippen LogP contribution is 2.29. The molecule has 28 heavy (non-hydrogen) atoms. The number of aryl methyl sites for hydroxylation is 1. The number of benzene rings is 2. The second kappa shape index (κ2) is 8.43. The Bertz CT molecular complexity index is 1060. The van der Waals surface area contributed by atoms with Crippen LogP contribution in [0.3, 0.4) is 0 Å². The second-order valence-electron chi connectivity index (χ2n) is 6.33. The van der Waals surface area contributed by atoms with Gasteiger partial charge in [0.15, 0.2) is 0 Å². The zero-order chi connectivity index (χ0) is 20.1. The molecule has 0 unspecified atom stereocenters. The van der Waals surface area contributed by atoms with Crippen LogP contribution in [0.2, 0.25) is 0 Å². The van der Waals surface area contributed by atoms with Crippen molar-refractivity contribution in [3.63, 3.8) is 0 Å². The highest BCUT2D eigenvalue weighted by molar-refractivity contribution is 6.04. The highest BCUT2D eigenvalue weighted by atomic mass is 16.5. The Kier molecular flexibility index (Phi) is 5.79. The van der Waals surface area contributed by atoms with E-state index in [9.17, 15) is 9.59 Å². The van der Waals surface area contributed by atoms with Crippen molar-refractivity contribution in [2.24, 2.45) is 0 Å². The van der Waals surface area contributed by atoms with Crippen molar-refractivity contribution in [2.75, 3.05) is 19.5 Å². The lowest BCUT2D eigenvalue weighted by atomic mass is 10.1. The fraction of sp³-hybridized carbons (Fsp3) is 0.182. The first-order chi connectivity index (χ1) is 13.5. The van der Waals surface area contributed by atoms with E-state index in [0.717, 1.165) is 11.1 Å². The third-order valence-electron chi connectivity index (χ3n) is 4.50. The van der Waals surface area contributed by atoms with Gasteiger partial charge in [-0.2, -0.15) is 0 Å². The van der Waals surface area contributed by atoms with Crippen molar-refractivity contribution in [3.8, 4) is 11.5 Å². The SMILES string of the molecule is COc1ccc(OC)c(NC(=O)c2ccc(=O)n(Cc3ccccc3C)c2)c1. The first-order valence-electron chi connectivity index (χ1n) is 8.80. The van der Waals surface area contributed by atoms with Crippen LogP contribution in [0.15, 0.2) is 65.6 Å². The number of methoxy groups -OCH3 is 2. The maximum absolute atomic E-state index is 12.7. The lowest BCUT2D eigenvalue weighted by molar-refractivity contribution is 0.102. The average Bonchev–Trinajstić information content (AvgIpc) is 2.71. The largest absolute Gasteiger partial charge is 0.497 e. The maximum atomic E-state index is 12.7. The maximum Gasteiger partial charge on any atom is 0.257 e. The van der Waals surface area contributed by atoms with Crippen LogP contribution in [-0.2, 0) is 6.54 Å². The van der Waals surface area contributed by atoms with Crippen LogP contribution in [0.25, 0.3) is 0 Å². The lowest BCUT2D eigenvalue weighted by Gasteiger charge is -2.13. The number of ether oxygens (including phenoxy) is 2. The number of nitrogens with zero attached hydrogens (tertiary/aromatic N) is 1. The van der Waals surface area contributed by atoms with E-state index in [1.54, 1.807) is 31.5 Å². The minimum Gasteiger partial charge on any atom is -0.497 e. The van der Waals surface area contributed by atoms with Crippen LogP contribution in [0, 0.1) is 6.92 Å². The number of anilines is 1. The topological polar surface area (TPSA) is 69.6 Å². The molecule has 6 heteroatoms. The molecule has 0 aliphatic heterocycles.